The summed E-state index contributed by atoms with van der Waals surface area (Å²) in [4.78, 5) is 16.8. The average Bonchev–Trinajstić information content (AvgIpc) is 3.06. The summed E-state index contributed by atoms with van der Waals surface area (Å²) in [7, 11) is 0. The van der Waals surface area contributed by atoms with Crippen LogP contribution in [0.25, 0.3) is 0 Å². The molecule has 1 atom stereocenters. The molecule has 0 saturated carbocycles. The summed E-state index contributed by atoms with van der Waals surface area (Å²) < 4.78 is 5.69. The first-order chi connectivity index (χ1) is 11.6. The van der Waals surface area contributed by atoms with Crippen molar-refractivity contribution in [2.24, 2.45) is 0 Å². The number of piperazine rings is 1. The summed E-state index contributed by atoms with van der Waals surface area (Å²) in [6.45, 7) is 5.98. The number of halogens is 2. The first-order valence-corrected chi connectivity index (χ1v) is 9.17. The van der Waals surface area contributed by atoms with E-state index < -0.39 is 0 Å². The van der Waals surface area contributed by atoms with Gasteiger partial charge in [0.2, 0.25) is 5.91 Å². The Morgan fingerprint density at radius 3 is 2.46 bits per heavy atom. The second-order valence-electron chi connectivity index (χ2n) is 6.36. The predicted octanol–water partition coefficient (Wildman–Crippen LogP) is 2.73. The molecule has 132 valence electrons. The molecular weight excluding hydrogens is 349 g/mol. The third kappa shape index (κ3) is 4.83. The Hall–Kier alpha value is -0.850. The van der Waals surface area contributed by atoms with Crippen molar-refractivity contribution < 1.29 is 9.53 Å². The van der Waals surface area contributed by atoms with Gasteiger partial charge in [-0.3, -0.25) is 14.6 Å². The molecule has 1 aromatic rings. The third-order valence-corrected chi connectivity index (χ3v) is 5.18. The van der Waals surface area contributed by atoms with Gasteiger partial charge in [0.1, 0.15) is 0 Å². The smallest absolute Gasteiger partial charge is 0.238 e. The van der Waals surface area contributed by atoms with Crippen molar-refractivity contribution in [3.63, 3.8) is 0 Å². The van der Waals surface area contributed by atoms with E-state index in [9.17, 15) is 4.79 Å². The topological polar surface area (TPSA) is 44.8 Å². The van der Waals surface area contributed by atoms with E-state index >= 15 is 0 Å². The number of hydrogen-bond donors (Lipinski definition) is 1. The van der Waals surface area contributed by atoms with Crippen molar-refractivity contribution >= 4 is 34.8 Å². The third-order valence-electron chi connectivity index (χ3n) is 4.55. The van der Waals surface area contributed by atoms with Gasteiger partial charge >= 0.3 is 0 Å². The average molecular weight is 372 g/mol. The van der Waals surface area contributed by atoms with Crippen molar-refractivity contribution in [2.75, 3.05) is 51.2 Å². The number of ether oxygens (including phenoxy) is 1. The van der Waals surface area contributed by atoms with Gasteiger partial charge in [0.15, 0.2) is 0 Å². The fourth-order valence-electron chi connectivity index (χ4n) is 3.21. The Kier molecular flexibility index (Phi) is 6.36. The van der Waals surface area contributed by atoms with Crippen LogP contribution in [-0.4, -0.2) is 67.7 Å². The van der Waals surface area contributed by atoms with Gasteiger partial charge < -0.3 is 10.1 Å². The molecule has 24 heavy (non-hydrogen) atoms. The molecule has 7 heteroatoms. The van der Waals surface area contributed by atoms with E-state index in [1.807, 2.05) is 0 Å². The molecule has 2 fully saturated rings. The van der Waals surface area contributed by atoms with Gasteiger partial charge in [-0.2, -0.15) is 0 Å². The van der Waals surface area contributed by atoms with Crippen LogP contribution in [0, 0.1) is 0 Å². The Morgan fingerprint density at radius 2 is 1.83 bits per heavy atom. The lowest BCUT2D eigenvalue weighted by molar-refractivity contribution is -0.117. The van der Waals surface area contributed by atoms with E-state index in [2.05, 4.69) is 15.1 Å². The number of para-hydroxylation sites is 1. The van der Waals surface area contributed by atoms with Crippen LogP contribution in [0.4, 0.5) is 5.69 Å². The number of carbonyl (C=O) groups is 1. The van der Waals surface area contributed by atoms with Crippen molar-refractivity contribution in [3.8, 4) is 0 Å². The Labute approximate surface area is 152 Å². The minimum absolute atomic E-state index is 0.0856. The SMILES string of the molecule is O=C(CN1CCN(C[C@@H]2CCCO2)CC1)Nc1c(Cl)cccc1Cl. The first kappa shape index (κ1) is 18.0. The van der Waals surface area contributed by atoms with Crippen LogP contribution in [0.1, 0.15) is 12.8 Å². The van der Waals surface area contributed by atoms with E-state index in [4.69, 9.17) is 27.9 Å². The lowest BCUT2D eigenvalue weighted by Crippen LogP contribution is -2.50. The molecule has 2 saturated heterocycles. The van der Waals surface area contributed by atoms with Gasteiger partial charge in [-0.15, -0.1) is 0 Å². The zero-order valence-corrected chi connectivity index (χ0v) is 15.2. The van der Waals surface area contributed by atoms with E-state index in [1.54, 1.807) is 18.2 Å². The van der Waals surface area contributed by atoms with Crippen molar-refractivity contribution in [1.82, 2.24) is 9.80 Å². The molecule has 3 rings (SSSR count). The second-order valence-corrected chi connectivity index (χ2v) is 7.17. The van der Waals surface area contributed by atoms with Gasteiger partial charge in [0, 0.05) is 39.3 Å². The minimum atomic E-state index is -0.0856. The highest BCUT2D eigenvalue weighted by Crippen LogP contribution is 2.29. The highest BCUT2D eigenvalue weighted by atomic mass is 35.5. The van der Waals surface area contributed by atoms with Crippen LogP contribution in [0.3, 0.4) is 0 Å². The molecule has 2 heterocycles. The van der Waals surface area contributed by atoms with Gasteiger partial charge in [-0.1, -0.05) is 29.3 Å². The van der Waals surface area contributed by atoms with E-state index in [-0.39, 0.29) is 5.91 Å². The Balaban J connectivity index is 1.43. The zero-order valence-electron chi connectivity index (χ0n) is 13.6. The lowest BCUT2D eigenvalue weighted by Gasteiger charge is -2.35. The molecule has 0 aromatic heterocycles. The van der Waals surface area contributed by atoms with Crippen molar-refractivity contribution in [1.29, 1.82) is 0 Å². The number of benzene rings is 1. The number of anilines is 1. The fraction of sp³-hybridized carbons (Fsp3) is 0.588. The summed E-state index contributed by atoms with van der Waals surface area (Å²) in [5.74, 6) is -0.0856. The second kappa shape index (κ2) is 8.50. The maximum Gasteiger partial charge on any atom is 0.238 e. The molecule has 1 amide bonds. The van der Waals surface area contributed by atoms with Gasteiger partial charge in [-0.25, -0.2) is 0 Å². The molecule has 0 aliphatic carbocycles. The molecule has 1 aromatic carbocycles. The standard InChI is InChI=1S/C17H23Cl2N3O2/c18-14-4-1-5-15(19)17(14)20-16(23)12-22-8-6-21(7-9-22)11-13-3-2-10-24-13/h1,4-5,13H,2-3,6-12H2,(H,20,23)/t13-/m0/s1. The van der Waals surface area contributed by atoms with Gasteiger partial charge in [0.05, 0.1) is 28.4 Å². The van der Waals surface area contributed by atoms with Crippen LogP contribution in [0.2, 0.25) is 10.0 Å². The fourth-order valence-corrected chi connectivity index (χ4v) is 3.70. The van der Waals surface area contributed by atoms with E-state index in [0.29, 0.717) is 28.4 Å². The number of nitrogens with zero attached hydrogens (tertiary/aromatic N) is 2. The maximum absolute atomic E-state index is 12.2. The largest absolute Gasteiger partial charge is 0.377 e. The van der Waals surface area contributed by atoms with Crippen LogP contribution in [0.5, 0.6) is 0 Å². The van der Waals surface area contributed by atoms with Crippen LogP contribution in [0.15, 0.2) is 18.2 Å². The maximum atomic E-state index is 12.2. The molecule has 0 spiro atoms. The summed E-state index contributed by atoms with van der Waals surface area (Å²) in [5.41, 5.74) is 0.489. The van der Waals surface area contributed by atoms with Gasteiger partial charge in [0.25, 0.3) is 0 Å². The molecule has 5 nitrogen and oxygen atoms in total. The number of rotatable bonds is 5. The van der Waals surface area contributed by atoms with Crippen LogP contribution in [-0.2, 0) is 9.53 Å². The molecule has 0 bridgehead atoms. The lowest BCUT2D eigenvalue weighted by atomic mass is 10.2. The molecule has 0 unspecified atom stereocenters. The summed E-state index contributed by atoms with van der Waals surface area (Å²) in [6, 6.07) is 5.19. The number of nitrogens with one attached hydrogen (secondary N) is 1. The van der Waals surface area contributed by atoms with Gasteiger partial charge in [-0.05, 0) is 25.0 Å². The first-order valence-electron chi connectivity index (χ1n) is 8.42. The molecule has 2 aliphatic heterocycles. The molecule has 1 N–H and O–H groups in total. The highest BCUT2D eigenvalue weighted by molar-refractivity contribution is 6.39. The number of hydrogen-bond acceptors (Lipinski definition) is 4. The van der Waals surface area contributed by atoms with Crippen molar-refractivity contribution in [2.45, 2.75) is 18.9 Å². The number of carbonyl (C=O) groups excluding carboxylic acids is 1. The van der Waals surface area contributed by atoms with Crippen molar-refractivity contribution in [3.05, 3.63) is 28.2 Å². The van der Waals surface area contributed by atoms with Crippen LogP contribution < -0.4 is 5.32 Å². The molecule has 2 aliphatic rings. The summed E-state index contributed by atoms with van der Waals surface area (Å²) in [5, 5.41) is 3.73. The normalized spacial score (nSPS) is 22.7. The summed E-state index contributed by atoms with van der Waals surface area (Å²) in [6.07, 6.45) is 2.73. The molecular formula is C17H23Cl2N3O2. The Bertz CT molecular complexity index is 551. The van der Waals surface area contributed by atoms with E-state index in [1.165, 1.54) is 12.8 Å². The Morgan fingerprint density at radius 1 is 1.17 bits per heavy atom. The summed E-state index contributed by atoms with van der Waals surface area (Å²) >= 11 is 12.2. The highest BCUT2D eigenvalue weighted by Gasteiger charge is 2.23. The minimum Gasteiger partial charge on any atom is -0.377 e. The monoisotopic (exact) mass is 371 g/mol. The quantitative estimate of drug-likeness (QED) is 0.864. The van der Waals surface area contributed by atoms with E-state index in [0.717, 1.165) is 39.3 Å². The molecule has 0 radical (unpaired) electrons. The number of amides is 1. The predicted molar refractivity (Wildman–Crippen MR) is 96.9 cm³/mol. The zero-order chi connectivity index (χ0) is 16.9. The van der Waals surface area contributed by atoms with Crippen LogP contribution >= 0.6 is 23.2 Å².